The Bertz CT molecular complexity index is 560. The van der Waals surface area contributed by atoms with Gasteiger partial charge >= 0.3 is 6.09 Å². The Morgan fingerprint density at radius 1 is 1.57 bits per heavy atom. The molecule has 6 heteroatoms. The highest BCUT2D eigenvalue weighted by molar-refractivity contribution is 5.68. The molecule has 21 heavy (non-hydrogen) atoms. The second-order valence-electron chi connectivity index (χ2n) is 6.07. The largest absolute Gasteiger partial charge is 0.444 e. The number of nitrogens with zero attached hydrogens (tertiary/aromatic N) is 3. The summed E-state index contributed by atoms with van der Waals surface area (Å²) in [6.45, 7) is 6.75. The maximum absolute atomic E-state index is 12.0. The number of carbonyl (C=O) groups excluding carboxylic acids is 1. The molecule has 1 N–H and O–H groups in total. The van der Waals surface area contributed by atoms with E-state index >= 15 is 0 Å². The molecule has 6 nitrogen and oxygen atoms in total. The molecule has 0 aliphatic carbocycles. The maximum atomic E-state index is 12.0. The number of amides is 1. The van der Waals surface area contributed by atoms with Crippen molar-refractivity contribution in [3.8, 4) is 6.07 Å². The monoisotopic (exact) mass is 288 g/mol. The molecule has 0 aromatic carbocycles. The van der Waals surface area contributed by atoms with Gasteiger partial charge in [0, 0.05) is 25.3 Å². The third-order valence-electron chi connectivity index (χ3n) is 3.11. The number of carbonyl (C=O) groups is 1. The van der Waals surface area contributed by atoms with Crippen molar-refractivity contribution in [2.24, 2.45) is 0 Å². The molecular formula is C15H20N4O2. The predicted molar refractivity (Wildman–Crippen MR) is 78.8 cm³/mol. The third kappa shape index (κ3) is 4.09. The first-order valence-electron chi connectivity index (χ1n) is 6.98. The van der Waals surface area contributed by atoms with Crippen LogP contribution in [-0.4, -0.2) is 40.7 Å². The highest BCUT2D eigenvalue weighted by atomic mass is 16.6. The first kappa shape index (κ1) is 15.1. The van der Waals surface area contributed by atoms with Crippen LogP contribution in [0.3, 0.4) is 0 Å². The van der Waals surface area contributed by atoms with Crippen LogP contribution in [-0.2, 0) is 4.74 Å². The summed E-state index contributed by atoms with van der Waals surface area (Å²) in [4.78, 5) is 17.8. The van der Waals surface area contributed by atoms with Gasteiger partial charge in [0.15, 0.2) is 0 Å². The van der Waals surface area contributed by atoms with Gasteiger partial charge in [0.05, 0.1) is 5.56 Å². The minimum atomic E-state index is -0.489. The first-order valence-corrected chi connectivity index (χ1v) is 6.98. The van der Waals surface area contributed by atoms with Gasteiger partial charge in [0.25, 0.3) is 0 Å². The maximum Gasteiger partial charge on any atom is 0.410 e. The van der Waals surface area contributed by atoms with Crippen molar-refractivity contribution in [1.29, 1.82) is 5.26 Å². The van der Waals surface area contributed by atoms with Crippen LogP contribution in [0.5, 0.6) is 0 Å². The highest BCUT2D eigenvalue weighted by Crippen LogP contribution is 2.19. The topological polar surface area (TPSA) is 78.2 Å². The Balaban J connectivity index is 1.94. The number of nitrogens with one attached hydrogen (secondary N) is 1. The smallest absolute Gasteiger partial charge is 0.410 e. The molecule has 1 amide bonds. The summed E-state index contributed by atoms with van der Waals surface area (Å²) in [5.41, 5.74) is 0.0191. The molecule has 0 bridgehead atoms. The highest BCUT2D eigenvalue weighted by Gasteiger charge is 2.30. The number of pyridine rings is 1. The van der Waals surface area contributed by atoms with Gasteiger partial charge in [-0.3, -0.25) is 0 Å². The summed E-state index contributed by atoms with van der Waals surface area (Å²) in [6, 6.07) is 5.63. The van der Waals surface area contributed by atoms with E-state index in [9.17, 15) is 4.79 Å². The van der Waals surface area contributed by atoms with Crippen LogP contribution in [0.2, 0.25) is 0 Å². The van der Waals surface area contributed by atoms with Gasteiger partial charge in [-0.05, 0) is 39.3 Å². The van der Waals surface area contributed by atoms with E-state index in [1.54, 1.807) is 23.2 Å². The number of hydrogen-bond donors (Lipinski definition) is 1. The second-order valence-corrected chi connectivity index (χ2v) is 6.07. The number of likely N-dealkylation sites (tertiary alicyclic amines) is 1. The van der Waals surface area contributed by atoms with Gasteiger partial charge < -0.3 is 15.0 Å². The molecule has 2 rings (SSSR count). The van der Waals surface area contributed by atoms with E-state index in [2.05, 4.69) is 16.4 Å². The Kier molecular flexibility index (Phi) is 4.32. The van der Waals surface area contributed by atoms with E-state index in [1.807, 2.05) is 20.8 Å². The van der Waals surface area contributed by atoms with Crippen LogP contribution in [0.25, 0.3) is 0 Å². The van der Waals surface area contributed by atoms with Crippen molar-refractivity contribution in [3.63, 3.8) is 0 Å². The van der Waals surface area contributed by atoms with Crippen molar-refractivity contribution >= 4 is 11.9 Å². The van der Waals surface area contributed by atoms with E-state index in [4.69, 9.17) is 10.00 Å². The van der Waals surface area contributed by atoms with E-state index in [-0.39, 0.29) is 12.1 Å². The van der Waals surface area contributed by atoms with Crippen molar-refractivity contribution in [3.05, 3.63) is 23.9 Å². The van der Waals surface area contributed by atoms with Gasteiger partial charge in [-0.15, -0.1) is 0 Å². The molecule has 0 unspecified atom stereocenters. The standard InChI is InChI=1S/C15H20N4O2/c1-15(2,3)21-14(20)19-8-6-12(10-19)18-13-11(9-16)5-4-7-17-13/h4-5,7,12H,6,8,10H2,1-3H3,(H,17,18)/t12-/m0/s1. The number of aromatic nitrogens is 1. The number of ether oxygens (including phenoxy) is 1. The van der Waals surface area contributed by atoms with Gasteiger partial charge in [0.2, 0.25) is 0 Å². The zero-order chi connectivity index (χ0) is 15.5. The lowest BCUT2D eigenvalue weighted by Gasteiger charge is -2.24. The fourth-order valence-corrected chi connectivity index (χ4v) is 2.17. The second kappa shape index (κ2) is 6.00. The molecule has 2 heterocycles. The molecule has 1 aliphatic heterocycles. The minimum absolute atomic E-state index is 0.0829. The van der Waals surface area contributed by atoms with E-state index in [0.717, 1.165) is 6.42 Å². The van der Waals surface area contributed by atoms with Gasteiger partial charge in [0.1, 0.15) is 17.5 Å². The molecular weight excluding hydrogens is 268 g/mol. The molecule has 0 spiro atoms. The van der Waals surface area contributed by atoms with Crippen LogP contribution in [0.15, 0.2) is 18.3 Å². The molecule has 0 saturated carbocycles. The summed E-state index contributed by atoms with van der Waals surface area (Å²) in [5.74, 6) is 0.566. The van der Waals surface area contributed by atoms with Crippen LogP contribution in [0.4, 0.5) is 10.6 Å². The molecule has 1 fully saturated rings. The van der Waals surface area contributed by atoms with Gasteiger partial charge in [-0.25, -0.2) is 9.78 Å². The molecule has 112 valence electrons. The van der Waals surface area contributed by atoms with Crippen molar-refractivity contribution in [2.75, 3.05) is 18.4 Å². The van der Waals surface area contributed by atoms with Crippen LogP contribution in [0, 0.1) is 11.3 Å². The zero-order valence-electron chi connectivity index (χ0n) is 12.6. The lowest BCUT2D eigenvalue weighted by Crippen LogP contribution is -2.36. The normalized spacial score (nSPS) is 18.2. The van der Waals surface area contributed by atoms with Crippen molar-refractivity contribution < 1.29 is 9.53 Å². The summed E-state index contributed by atoms with van der Waals surface area (Å²) >= 11 is 0. The van der Waals surface area contributed by atoms with Crippen LogP contribution < -0.4 is 5.32 Å². The van der Waals surface area contributed by atoms with Gasteiger partial charge in [-0.2, -0.15) is 5.26 Å². The van der Waals surface area contributed by atoms with Gasteiger partial charge in [-0.1, -0.05) is 0 Å². The molecule has 1 aromatic heterocycles. The first-order chi connectivity index (χ1) is 9.89. The summed E-state index contributed by atoms with van der Waals surface area (Å²) < 4.78 is 5.36. The van der Waals surface area contributed by atoms with E-state index < -0.39 is 5.60 Å². The zero-order valence-corrected chi connectivity index (χ0v) is 12.6. The third-order valence-corrected chi connectivity index (χ3v) is 3.11. The van der Waals surface area contributed by atoms with Crippen LogP contribution >= 0.6 is 0 Å². The van der Waals surface area contributed by atoms with Crippen molar-refractivity contribution in [2.45, 2.75) is 38.8 Å². The van der Waals surface area contributed by atoms with E-state index in [0.29, 0.717) is 24.5 Å². The molecule has 1 atom stereocenters. The average molecular weight is 288 g/mol. The lowest BCUT2D eigenvalue weighted by atomic mass is 10.2. The minimum Gasteiger partial charge on any atom is -0.444 e. The number of hydrogen-bond acceptors (Lipinski definition) is 5. The average Bonchev–Trinajstić information content (AvgIpc) is 2.86. The molecule has 1 aromatic rings. The predicted octanol–water partition coefficient (Wildman–Crippen LogP) is 2.37. The Morgan fingerprint density at radius 3 is 3.00 bits per heavy atom. The van der Waals surface area contributed by atoms with E-state index in [1.165, 1.54) is 0 Å². The number of rotatable bonds is 2. The Hall–Kier alpha value is -2.29. The lowest BCUT2D eigenvalue weighted by molar-refractivity contribution is 0.0293. The summed E-state index contributed by atoms with van der Waals surface area (Å²) in [5, 5.41) is 12.3. The Labute approximate surface area is 124 Å². The SMILES string of the molecule is CC(C)(C)OC(=O)N1CC[C@H](Nc2ncccc2C#N)C1. The Morgan fingerprint density at radius 2 is 2.33 bits per heavy atom. The molecule has 1 saturated heterocycles. The fraction of sp³-hybridized carbons (Fsp3) is 0.533. The number of nitriles is 1. The molecule has 1 aliphatic rings. The molecule has 0 radical (unpaired) electrons. The fourth-order valence-electron chi connectivity index (χ4n) is 2.17. The van der Waals surface area contributed by atoms with Crippen LogP contribution in [0.1, 0.15) is 32.8 Å². The number of anilines is 1. The quantitative estimate of drug-likeness (QED) is 0.904. The summed E-state index contributed by atoms with van der Waals surface area (Å²) in [7, 11) is 0. The summed E-state index contributed by atoms with van der Waals surface area (Å²) in [6.07, 6.45) is 2.15. The van der Waals surface area contributed by atoms with Crippen molar-refractivity contribution in [1.82, 2.24) is 9.88 Å².